The molecule has 23 heavy (non-hydrogen) atoms. The van der Waals surface area contributed by atoms with Crippen LogP contribution >= 0.6 is 0 Å². The Kier molecular flexibility index (Phi) is 4.57. The van der Waals surface area contributed by atoms with Crippen molar-refractivity contribution in [2.45, 2.75) is 39.4 Å². The van der Waals surface area contributed by atoms with Crippen LogP contribution in [0, 0.1) is 6.92 Å². The highest BCUT2D eigenvalue weighted by Crippen LogP contribution is 2.19. The average molecular weight is 310 g/mol. The molecule has 0 spiro atoms. The van der Waals surface area contributed by atoms with Crippen LogP contribution in [0.1, 0.15) is 31.2 Å². The first-order valence-corrected chi connectivity index (χ1v) is 7.88. The van der Waals surface area contributed by atoms with E-state index in [9.17, 15) is 0 Å². The quantitative estimate of drug-likeness (QED) is 0.756. The maximum absolute atomic E-state index is 5.42. The van der Waals surface area contributed by atoms with Crippen molar-refractivity contribution in [1.29, 1.82) is 0 Å². The van der Waals surface area contributed by atoms with Gasteiger partial charge >= 0.3 is 0 Å². The van der Waals surface area contributed by atoms with Crippen LogP contribution in [0.25, 0.3) is 11.3 Å². The highest BCUT2D eigenvalue weighted by Gasteiger charge is 2.15. The fourth-order valence-electron chi connectivity index (χ4n) is 2.46. The first-order valence-electron chi connectivity index (χ1n) is 7.88. The van der Waals surface area contributed by atoms with Gasteiger partial charge in [-0.3, -0.25) is 4.68 Å². The van der Waals surface area contributed by atoms with Crippen LogP contribution in [-0.4, -0.2) is 21.0 Å². The van der Waals surface area contributed by atoms with E-state index < -0.39 is 0 Å². The third-order valence-corrected chi connectivity index (χ3v) is 4.10. The molecule has 120 valence electrons. The smallest absolute Gasteiger partial charge is 0.151 e. The summed E-state index contributed by atoms with van der Waals surface area (Å²) in [5, 5.41) is 12.0. The molecule has 5 heteroatoms. The summed E-state index contributed by atoms with van der Waals surface area (Å²) in [7, 11) is 0. The van der Waals surface area contributed by atoms with E-state index in [4.69, 9.17) is 4.52 Å². The summed E-state index contributed by atoms with van der Waals surface area (Å²) in [6, 6.07) is 12.6. The number of hydrogen-bond acceptors (Lipinski definition) is 4. The number of benzene rings is 1. The second-order valence-electron chi connectivity index (χ2n) is 5.95. The van der Waals surface area contributed by atoms with Crippen molar-refractivity contribution in [3.05, 3.63) is 60.1 Å². The molecule has 0 unspecified atom stereocenters. The van der Waals surface area contributed by atoms with Gasteiger partial charge in [0.2, 0.25) is 0 Å². The second-order valence-corrected chi connectivity index (χ2v) is 5.95. The number of nitrogens with zero attached hydrogens (tertiary/aromatic N) is 3. The minimum absolute atomic E-state index is 0.263. The highest BCUT2D eigenvalue weighted by atomic mass is 16.5. The van der Waals surface area contributed by atoms with Crippen molar-refractivity contribution in [2.24, 2.45) is 0 Å². The number of nitrogens with one attached hydrogen (secondary N) is 1. The molecular formula is C18H22N4O. The Morgan fingerprint density at radius 1 is 1.22 bits per heavy atom. The summed E-state index contributed by atoms with van der Waals surface area (Å²) in [6.45, 7) is 7.00. The second kappa shape index (κ2) is 6.79. The molecule has 0 amide bonds. The summed E-state index contributed by atoms with van der Waals surface area (Å²) in [5.41, 5.74) is 3.11. The molecule has 0 bridgehead atoms. The summed E-state index contributed by atoms with van der Waals surface area (Å²) in [4.78, 5) is 0. The van der Waals surface area contributed by atoms with Crippen molar-refractivity contribution < 1.29 is 4.52 Å². The molecular weight excluding hydrogens is 288 g/mol. The SMILES string of the molecule is Cc1cnn([C@H](C)[C@@H](C)NCc2cc(-c3ccccc3)no2)c1. The maximum atomic E-state index is 5.42. The number of hydrogen-bond donors (Lipinski definition) is 1. The van der Waals surface area contributed by atoms with Crippen LogP contribution in [-0.2, 0) is 6.54 Å². The lowest BCUT2D eigenvalue weighted by Crippen LogP contribution is -2.33. The molecule has 3 aromatic rings. The van der Waals surface area contributed by atoms with Gasteiger partial charge in [0.05, 0.1) is 18.8 Å². The molecule has 3 rings (SSSR count). The molecule has 0 saturated carbocycles. The van der Waals surface area contributed by atoms with Crippen LogP contribution in [0.5, 0.6) is 0 Å². The van der Waals surface area contributed by atoms with E-state index in [0.29, 0.717) is 6.54 Å². The number of aromatic nitrogens is 3. The first kappa shape index (κ1) is 15.5. The zero-order valence-corrected chi connectivity index (χ0v) is 13.7. The largest absolute Gasteiger partial charge is 0.359 e. The molecule has 2 atom stereocenters. The van der Waals surface area contributed by atoms with Crippen molar-refractivity contribution in [1.82, 2.24) is 20.3 Å². The van der Waals surface area contributed by atoms with Crippen LogP contribution in [0.3, 0.4) is 0 Å². The average Bonchev–Trinajstić information content (AvgIpc) is 3.22. The van der Waals surface area contributed by atoms with Gasteiger partial charge < -0.3 is 9.84 Å². The van der Waals surface area contributed by atoms with E-state index in [2.05, 4.69) is 35.6 Å². The van der Waals surface area contributed by atoms with Gasteiger partial charge in [0, 0.05) is 23.9 Å². The third kappa shape index (κ3) is 3.68. The van der Waals surface area contributed by atoms with Gasteiger partial charge in [0.25, 0.3) is 0 Å². The van der Waals surface area contributed by atoms with Crippen LogP contribution < -0.4 is 5.32 Å². The lowest BCUT2D eigenvalue weighted by Gasteiger charge is -2.21. The monoisotopic (exact) mass is 310 g/mol. The van der Waals surface area contributed by atoms with Crippen molar-refractivity contribution in [3.63, 3.8) is 0 Å². The topological polar surface area (TPSA) is 55.9 Å². The molecule has 0 fully saturated rings. The van der Waals surface area contributed by atoms with Gasteiger partial charge in [-0.1, -0.05) is 35.5 Å². The Labute approximate surface area is 136 Å². The summed E-state index contributed by atoms with van der Waals surface area (Å²) in [6.07, 6.45) is 3.94. The van der Waals surface area contributed by atoms with E-state index in [1.165, 1.54) is 5.56 Å². The van der Waals surface area contributed by atoms with Crippen LogP contribution in [0.4, 0.5) is 0 Å². The Morgan fingerprint density at radius 3 is 2.70 bits per heavy atom. The molecule has 2 aromatic heterocycles. The van der Waals surface area contributed by atoms with Crippen molar-refractivity contribution in [3.8, 4) is 11.3 Å². The van der Waals surface area contributed by atoms with Gasteiger partial charge in [-0.05, 0) is 26.3 Å². The van der Waals surface area contributed by atoms with Crippen molar-refractivity contribution >= 4 is 0 Å². The zero-order valence-electron chi connectivity index (χ0n) is 13.7. The van der Waals surface area contributed by atoms with E-state index in [1.54, 1.807) is 0 Å². The predicted molar refractivity (Wildman–Crippen MR) is 89.9 cm³/mol. The summed E-state index contributed by atoms with van der Waals surface area (Å²) in [5.74, 6) is 0.833. The normalized spacial score (nSPS) is 13.9. The Hall–Kier alpha value is -2.40. The van der Waals surface area contributed by atoms with E-state index in [0.717, 1.165) is 17.0 Å². The zero-order chi connectivity index (χ0) is 16.2. The van der Waals surface area contributed by atoms with Crippen LogP contribution in [0.15, 0.2) is 53.3 Å². The first-order chi connectivity index (χ1) is 11.1. The molecule has 1 N–H and O–H groups in total. The van der Waals surface area contributed by atoms with Crippen molar-refractivity contribution in [2.75, 3.05) is 0 Å². The summed E-state index contributed by atoms with van der Waals surface area (Å²) < 4.78 is 7.41. The Morgan fingerprint density at radius 2 is 2.00 bits per heavy atom. The Bertz CT molecular complexity index is 747. The maximum Gasteiger partial charge on any atom is 0.151 e. The fourth-order valence-corrected chi connectivity index (χ4v) is 2.46. The van der Waals surface area contributed by atoms with Gasteiger partial charge in [-0.15, -0.1) is 0 Å². The third-order valence-electron chi connectivity index (χ3n) is 4.10. The standard InChI is InChI=1S/C18H22N4O/c1-13-10-20-22(12-13)15(3)14(2)19-11-17-9-18(21-23-17)16-7-5-4-6-8-16/h4-10,12,14-15,19H,11H2,1-3H3/t14-,15-/m1/s1. The molecule has 0 aliphatic carbocycles. The van der Waals surface area contributed by atoms with Gasteiger partial charge in [0.15, 0.2) is 5.76 Å². The van der Waals surface area contributed by atoms with E-state index >= 15 is 0 Å². The molecule has 0 aliphatic heterocycles. The van der Waals surface area contributed by atoms with Gasteiger partial charge in [0.1, 0.15) is 5.69 Å². The van der Waals surface area contributed by atoms with Gasteiger partial charge in [-0.25, -0.2) is 0 Å². The lowest BCUT2D eigenvalue weighted by atomic mass is 10.1. The summed E-state index contributed by atoms with van der Waals surface area (Å²) >= 11 is 0. The van der Waals surface area contributed by atoms with Crippen LogP contribution in [0.2, 0.25) is 0 Å². The minimum Gasteiger partial charge on any atom is -0.359 e. The minimum atomic E-state index is 0.263. The van der Waals surface area contributed by atoms with E-state index in [1.807, 2.05) is 54.2 Å². The number of aryl methyl sites for hydroxylation is 1. The highest BCUT2D eigenvalue weighted by molar-refractivity contribution is 5.58. The predicted octanol–water partition coefficient (Wildman–Crippen LogP) is 3.59. The fraction of sp³-hybridized carbons (Fsp3) is 0.333. The molecule has 0 radical (unpaired) electrons. The number of rotatable bonds is 6. The molecule has 1 aromatic carbocycles. The molecule has 2 heterocycles. The van der Waals surface area contributed by atoms with Gasteiger partial charge in [-0.2, -0.15) is 5.10 Å². The Balaban J connectivity index is 1.59. The molecule has 5 nitrogen and oxygen atoms in total. The van der Waals surface area contributed by atoms with E-state index in [-0.39, 0.29) is 12.1 Å². The lowest BCUT2D eigenvalue weighted by molar-refractivity contribution is 0.330. The molecule has 0 aliphatic rings. The molecule has 0 saturated heterocycles.